The predicted molar refractivity (Wildman–Crippen MR) is 71.2 cm³/mol. The van der Waals surface area contributed by atoms with E-state index in [1.54, 1.807) is 0 Å². The average Bonchev–Trinajstić information content (AvgIpc) is 2.33. The van der Waals surface area contributed by atoms with E-state index in [0.717, 1.165) is 19.3 Å². The molecule has 3 heteroatoms. The molecule has 0 aromatic rings. The third kappa shape index (κ3) is 4.17. The fourth-order valence-corrected chi connectivity index (χ4v) is 3.51. The molecule has 98 valence electrons. The van der Waals surface area contributed by atoms with Gasteiger partial charge in [-0.25, -0.2) is 0 Å². The molecule has 2 aliphatic rings. The quantitative estimate of drug-likeness (QED) is 0.769. The number of rotatable bonds is 3. The highest BCUT2D eigenvalue weighted by Crippen LogP contribution is 2.27. The van der Waals surface area contributed by atoms with Crippen LogP contribution < -0.4 is 5.32 Å². The Morgan fingerprint density at radius 3 is 2.35 bits per heavy atom. The summed E-state index contributed by atoms with van der Waals surface area (Å²) in [5, 5.41) is 3.30. The monoisotopic (exact) mass is 257 g/mol. The van der Waals surface area contributed by atoms with Gasteiger partial charge < -0.3 is 5.32 Å². The lowest BCUT2D eigenvalue weighted by atomic mass is 9.86. The van der Waals surface area contributed by atoms with Crippen molar-refractivity contribution in [2.75, 3.05) is 0 Å². The van der Waals surface area contributed by atoms with Gasteiger partial charge in [0.25, 0.3) is 0 Å². The van der Waals surface area contributed by atoms with Gasteiger partial charge in [0.05, 0.1) is 5.38 Å². The van der Waals surface area contributed by atoms with Crippen molar-refractivity contribution < 1.29 is 4.79 Å². The number of hydrogen-bond donors (Lipinski definition) is 1. The summed E-state index contributed by atoms with van der Waals surface area (Å²) < 4.78 is 0. The molecule has 0 radical (unpaired) electrons. The molecule has 2 fully saturated rings. The van der Waals surface area contributed by atoms with E-state index in [1.807, 2.05) is 0 Å². The molecule has 2 atom stereocenters. The first kappa shape index (κ1) is 13.2. The number of alkyl halides is 1. The van der Waals surface area contributed by atoms with Crippen LogP contribution in [0, 0.1) is 5.92 Å². The summed E-state index contributed by atoms with van der Waals surface area (Å²) in [4.78, 5) is 12.0. The van der Waals surface area contributed by atoms with Crippen molar-refractivity contribution in [2.24, 2.45) is 5.92 Å². The summed E-state index contributed by atoms with van der Waals surface area (Å²) in [6.07, 6.45) is 11.7. The second-order valence-corrected chi connectivity index (χ2v) is 6.24. The first-order valence-electron chi connectivity index (χ1n) is 7.19. The average molecular weight is 258 g/mol. The lowest BCUT2D eigenvalue weighted by molar-refractivity contribution is -0.123. The highest BCUT2D eigenvalue weighted by Gasteiger charge is 2.25. The summed E-state index contributed by atoms with van der Waals surface area (Å²) >= 11 is 6.25. The smallest absolute Gasteiger partial charge is 0.220 e. The van der Waals surface area contributed by atoms with Crippen LogP contribution in [0.3, 0.4) is 0 Å². The van der Waals surface area contributed by atoms with Crippen molar-refractivity contribution in [3.63, 3.8) is 0 Å². The Morgan fingerprint density at radius 1 is 1.00 bits per heavy atom. The number of halogens is 1. The molecule has 2 unspecified atom stereocenters. The minimum atomic E-state index is 0.152. The molecule has 17 heavy (non-hydrogen) atoms. The van der Waals surface area contributed by atoms with E-state index in [2.05, 4.69) is 5.32 Å². The molecule has 1 amide bonds. The first-order valence-corrected chi connectivity index (χ1v) is 7.63. The van der Waals surface area contributed by atoms with E-state index in [9.17, 15) is 4.79 Å². The van der Waals surface area contributed by atoms with E-state index >= 15 is 0 Å². The van der Waals surface area contributed by atoms with Crippen LogP contribution in [0.4, 0.5) is 0 Å². The molecule has 0 spiro atoms. The molecule has 0 saturated heterocycles. The van der Waals surface area contributed by atoms with Gasteiger partial charge in [0.2, 0.25) is 5.91 Å². The van der Waals surface area contributed by atoms with Gasteiger partial charge in [-0.1, -0.05) is 32.1 Å². The highest BCUT2D eigenvalue weighted by atomic mass is 35.5. The SMILES string of the molecule is O=C(CC1CCCCC1)NC1CCCCC1Cl. The van der Waals surface area contributed by atoms with Gasteiger partial charge >= 0.3 is 0 Å². The molecule has 0 bridgehead atoms. The maximum Gasteiger partial charge on any atom is 0.220 e. The largest absolute Gasteiger partial charge is 0.352 e. The van der Waals surface area contributed by atoms with Crippen LogP contribution in [0.15, 0.2) is 0 Å². The summed E-state index contributed by atoms with van der Waals surface area (Å²) in [5.41, 5.74) is 0. The van der Waals surface area contributed by atoms with Crippen LogP contribution in [0.2, 0.25) is 0 Å². The lowest BCUT2D eigenvalue weighted by Gasteiger charge is -2.29. The second kappa shape index (κ2) is 6.63. The highest BCUT2D eigenvalue weighted by molar-refractivity contribution is 6.21. The summed E-state index contributed by atoms with van der Waals surface area (Å²) in [7, 11) is 0. The summed E-state index contributed by atoms with van der Waals surface area (Å²) in [6, 6.07) is 0.224. The van der Waals surface area contributed by atoms with Crippen molar-refractivity contribution in [3.05, 3.63) is 0 Å². The van der Waals surface area contributed by atoms with Crippen molar-refractivity contribution in [1.82, 2.24) is 5.32 Å². The third-order valence-corrected chi connectivity index (χ3v) is 4.75. The fraction of sp³-hybridized carbons (Fsp3) is 0.929. The molecule has 2 rings (SSSR count). The zero-order valence-corrected chi connectivity index (χ0v) is 11.3. The van der Waals surface area contributed by atoms with Crippen LogP contribution in [0.1, 0.15) is 64.2 Å². The Bertz CT molecular complexity index is 251. The molecular weight excluding hydrogens is 234 g/mol. The standard InChI is InChI=1S/C14H24ClNO/c15-12-8-4-5-9-13(12)16-14(17)10-11-6-2-1-3-7-11/h11-13H,1-10H2,(H,16,17). The van der Waals surface area contributed by atoms with E-state index in [1.165, 1.54) is 44.9 Å². The maximum absolute atomic E-state index is 12.0. The van der Waals surface area contributed by atoms with E-state index < -0.39 is 0 Å². The van der Waals surface area contributed by atoms with Gasteiger partial charge in [0, 0.05) is 12.5 Å². The molecule has 0 aliphatic heterocycles. The van der Waals surface area contributed by atoms with Crippen LogP contribution in [0.25, 0.3) is 0 Å². The van der Waals surface area contributed by atoms with Gasteiger partial charge in [-0.15, -0.1) is 11.6 Å². The number of hydrogen-bond acceptors (Lipinski definition) is 1. The van der Waals surface area contributed by atoms with Crippen molar-refractivity contribution >= 4 is 17.5 Å². The Hall–Kier alpha value is -0.240. The topological polar surface area (TPSA) is 29.1 Å². The summed E-state index contributed by atoms with van der Waals surface area (Å²) in [5.74, 6) is 0.857. The van der Waals surface area contributed by atoms with Crippen LogP contribution in [-0.2, 0) is 4.79 Å². The molecule has 0 aromatic heterocycles. The molecule has 2 saturated carbocycles. The number of carbonyl (C=O) groups is 1. The number of amides is 1. The fourth-order valence-electron chi connectivity index (χ4n) is 3.17. The molecule has 2 aliphatic carbocycles. The van der Waals surface area contributed by atoms with Gasteiger partial charge in [-0.3, -0.25) is 4.79 Å². The van der Waals surface area contributed by atoms with E-state index in [4.69, 9.17) is 11.6 Å². The number of nitrogens with one attached hydrogen (secondary N) is 1. The predicted octanol–water partition coefficient (Wildman–Crippen LogP) is 3.62. The van der Waals surface area contributed by atoms with Gasteiger partial charge in [0.1, 0.15) is 0 Å². The Morgan fingerprint density at radius 2 is 1.65 bits per heavy atom. The molecule has 2 nitrogen and oxygen atoms in total. The number of carbonyl (C=O) groups excluding carboxylic acids is 1. The Balaban J connectivity index is 1.72. The van der Waals surface area contributed by atoms with Crippen molar-refractivity contribution in [2.45, 2.75) is 75.6 Å². The van der Waals surface area contributed by atoms with E-state index in [0.29, 0.717) is 5.92 Å². The van der Waals surface area contributed by atoms with Gasteiger partial charge in [0.15, 0.2) is 0 Å². The minimum absolute atomic E-state index is 0.152. The Kier molecular flexibility index (Phi) is 5.15. The molecular formula is C14H24ClNO. The van der Waals surface area contributed by atoms with Crippen LogP contribution >= 0.6 is 11.6 Å². The Labute approximate surface area is 109 Å². The third-order valence-electron chi connectivity index (χ3n) is 4.23. The van der Waals surface area contributed by atoms with Crippen molar-refractivity contribution in [1.29, 1.82) is 0 Å². The summed E-state index contributed by atoms with van der Waals surface area (Å²) in [6.45, 7) is 0. The lowest BCUT2D eigenvalue weighted by Crippen LogP contribution is -2.43. The first-order chi connectivity index (χ1) is 8.25. The van der Waals surface area contributed by atoms with Gasteiger partial charge in [-0.2, -0.15) is 0 Å². The van der Waals surface area contributed by atoms with Crippen LogP contribution in [0.5, 0.6) is 0 Å². The normalized spacial score (nSPS) is 31.1. The van der Waals surface area contributed by atoms with Gasteiger partial charge in [-0.05, 0) is 31.6 Å². The molecule has 0 heterocycles. The van der Waals surface area contributed by atoms with Crippen LogP contribution in [-0.4, -0.2) is 17.3 Å². The van der Waals surface area contributed by atoms with E-state index in [-0.39, 0.29) is 17.3 Å². The maximum atomic E-state index is 12.0. The van der Waals surface area contributed by atoms with Crippen molar-refractivity contribution in [3.8, 4) is 0 Å². The minimum Gasteiger partial charge on any atom is -0.352 e. The zero-order valence-electron chi connectivity index (χ0n) is 10.6. The second-order valence-electron chi connectivity index (χ2n) is 5.68. The molecule has 1 N–H and O–H groups in total. The molecule has 0 aromatic carbocycles. The zero-order chi connectivity index (χ0) is 12.1.